The first kappa shape index (κ1) is 16.8. The highest BCUT2D eigenvalue weighted by molar-refractivity contribution is 7.79. The van der Waals surface area contributed by atoms with Crippen molar-refractivity contribution < 1.29 is 22.8 Å². The van der Waals surface area contributed by atoms with Crippen LogP contribution >= 0.6 is 0 Å². The van der Waals surface area contributed by atoms with E-state index in [0.717, 1.165) is 4.57 Å². The molecular formula is C14H13FN2O5S. The summed E-state index contributed by atoms with van der Waals surface area (Å²) in [7, 11) is 0. The van der Waals surface area contributed by atoms with Gasteiger partial charge in [0.1, 0.15) is 18.0 Å². The number of halogens is 1. The van der Waals surface area contributed by atoms with Gasteiger partial charge in [-0.05, 0) is 18.2 Å². The van der Waals surface area contributed by atoms with E-state index in [1.54, 1.807) is 6.07 Å². The minimum atomic E-state index is -1.92. The van der Waals surface area contributed by atoms with E-state index < -0.39 is 35.0 Å². The minimum Gasteiger partial charge on any atom is -0.480 e. The molecule has 0 saturated carbocycles. The van der Waals surface area contributed by atoms with Crippen molar-refractivity contribution in [2.24, 2.45) is 0 Å². The highest BCUT2D eigenvalue weighted by Gasteiger charge is 2.10. The summed E-state index contributed by atoms with van der Waals surface area (Å²) in [6.07, 6.45) is 1.30. The van der Waals surface area contributed by atoms with Crippen molar-refractivity contribution in [3.63, 3.8) is 0 Å². The SMILES string of the molecule is O=C(O)Cn1cccc(NOS(=O)Cc2ccccc2F)c1=O. The standard InChI is InChI=1S/C14H13FN2O5S/c15-11-5-2-1-4-10(11)9-23(21)22-16-12-6-3-7-17(14(12)20)8-13(18)19/h1-7,16H,8-9H2,(H,18,19). The van der Waals surface area contributed by atoms with Crippen molar-refractivity contribution in [2.75, 3.05) is 5.48 Å². The second-order valence-electron chi connectivity index (χ2n) is 4.47. The predicted molar refractivity (Wildman–Crippen MR) is 81.3 cm³/mol. The lowest BCUT2D eigenvalue weighted by molar-refractivity contribution is -0.137. The maximum Gasteiger partial charge on any atom is 0.323 e. The van der Waals surface area contributed by atoms with Crippen LogP contribution < -0.4 is 11.0 Å². The van der Waals surface area contributed by atoms with Gasteiger partial charge >= 0.3 is 5.97 Å². The Morgan fingerprint density at radius 2 is 2.04 bits per heavy atom. The van der Waals surface area contributed by atoms with Crippen molar-refractivity contribution in [3.05, 3.63) is 64.3 Å². The Morgan fingerprint density at radius 1 is 1.30 bits per heavy atom. The molecule has 0 spiro atoms. The summed E-state index contributed by atoms with van der Waals surface area (Å²) in [6, 6.07) is 8.61. The summed E-state index contributed by atoms with van der Waals surface area (Å²) in [5.74, 6) is -1.88. The summed E-state index contributed by atoms with van der Waals surface area (Å²) >= 11 is -1.92. The van der Waals surface area contributed by atoms with Gasteiger partial charge in [0.05, 0.1) is 5.75 Å². The number of hydrogen-bond donors (Lipinski definition) is 2. The topological polar surface area (TPSA) is 97.6 Å². The van der Waals surface area contributed by atoms with Gasteiger partial charge in [-0.25, -0.2) is 14.1 Å². The van der Waals surface area contributed by atoms with Gasteiger partial charge in [-0.2, -0.15) is 4.28 Å². The maximum atomic E-state index is 13.4. The third-order valence-corrected chi connectivity index (χ3v) is 3.62. The van der Waals surface area contributed by atoms with E-state index in [1.807, 2.05) is 0 Å². The predicted octanol–water partition coefficient (Wildman–Crippen LogP) is 1.28. The van der Waals surface area contributed by atoms with Crippen LogP contribution in [0.15, 0.2) is 47.4 Å². The van der Waals surface area contributed by atoms with E-state index in [4.69, 9.17) is 9.39 Å². The van der Waals surface area contributed by atoms with Gasteiger partial charge in [-0.3, -0.25) is 9.59 Å². The Kier molecular flexibility index (Phi) is 5.61. The number of pyridine rings is 1. The Hall–Kier alpha value is -2.52. The number of anilines is 1. The summed E-state index contributed by atoms with van der Waals surface area (Å²) in [5.41, 5.74) is 1.71. The molecule has 2 aromatic rings. The third kappa shape index (κ3) is 4.73. The molecule has 1 atom stereocenters. The quantitative estimate of drug-likeness (QED) is 0.737. The molecule has 0 aliphatic rings. The van der Waals surface area contributed by atoms with Crippen LogP contribution in [0, 0.1) is 5.82 Å². The Bertz CT molecular complexity index is 793. The molecule has 1 unspecified atom stereocenters. The second-order valence-corrected chi connectivity index (χ2v) is 5.54. The van der Waals surface area contributed by atoms with E-state index in [1.165, 1.54) is 36.5 Å². The third-order valence-electron chi connectivity index (χ3n) is 2.80. The van der Waals surface area contributed by atoms with Gasteiger partial charge in [-0.1, -0.05) is 18.2 Å². The van der Waals surface area contributed by atoms with Crippen LogP contribution in [-0.4, -0.2) is 19.9 Å². The van der Waals surface area contributed by atoms with E-state index in [9.17, 15) is 18.2 Å². The molecule has 2 rings (SSSR count). The average Bonchev–Trinajstić information content (AvgIpc) is 2.50. The zero-order valence-electron chi connectivity index (χ0n) is 11.8. The summed E-state index contributed by atoms with van der Waals surface area (Å²) in [5, 5.41) is 8.69. The normalized spacial score (nSPS) is 11.9. The van der Waals surface area contributed by atoms with E-state index >= 15 is 0 Å². The Morgan fingerprint density at radius 3 is 2.74 bits per heavy atom. The van der Waals surface area contributed by atoms with Crippen molar-refractivity contribution in [1.29, 1.82) is 0 Å². The highest BCUT2D eigenvalue weighted by Crippen LogP contribution is 2.10. The number of nitrogens with zero attached hydrogens (tertiary/aromatic N) is 1. The average molecular weight is 340 g/mol. The fourth-order valence-corrected chi connectivity index (χ4v) is 2.48. The molecule has 0 amide bonds. The fourth-order valence-electron chi connectivity index (χ4n) is 1.75. The van der Waals surface area contributed by atoms with Gasteiger partial charge < -0.3 is 9.67 Å². The fraction of sp³-hybridized carbons (Fsp3) is 0.143. The molecule has 1 aromatic carbocycles. The number of aromatic nitrogens is 1. The van der Waals surface area contributed by atoms with Crippen molar-refractivity contribution in [1.82, 2.24) is 4.57 Å². The number of carboxylic acids is 1. The van der Waals surface area contributed by atoms with Crippen LogP contribution in [0.4, 0.5) is 10.1 Å². The van der Waals surface area contributed by atoms with Crippen LogP contribution in [0.2, 0.25) is 0 Å². The number of hydrogen-bond acceptors (Lipinski definition) is 5. The second kappa shape index (κ2) is 7.65. The van der Waals surface area contributed by atoms with Gasteiger partial charge in [0.25, 0.3) is 5.56 Å². The first-order valence-electron chi connectivity index (χ1n) is 6.43. The number of carbonyl (C=O) groups is 1. The van der Waals surface area contributed by atoms with Crippen LogP contribution in [0.25, 0.3) is 0 Å². The first-order valence-corrected chi connectivity index (χ1v) is 7.68. The first-order chi connectivity index (χ1) is 11.0. The molecular weight excluding hydrogens is 327 g/mol. The number of benzene rings is 1. The number of aliphatic carboxylic acids is 1. The largest absolute Gasteiger partial charge is 0.480 e. The van der Waals surface area contributed by atoms with Crippen molar-refractivity contribution in [3.8, 4) is 0 Å². The Balaban J connectivity index is 2.01. The van der Waals surface area contributed by atoms with Crippen LogP contribution in [0.5, 0.6) is 0 Å². The van der Waals surface area contributed by atoms with Crippen molar-refractivity contribution >= 4 is 22.7 Å². The van der Waals surface area contributed by atoms with Crippen LogP contribution in [0.1, 0.15) is 5.56 Å². The van der Waals surface area contributed by atoms with Crippen LogP contribution in [0.3, 0.4) is 0 Å². The van der Waals surface area contributed by atoms with E-state index in [-0.39, 0.29) is 17.0 Å². The summed E-state index contributed by atoms with van der Waals surface area (Å²) in [4.78, 5) is 22.6. The van der Waals surface area contributed by atoms with E-state index in [2.05, 4.69) is 5.48 Å². The highest BCUT2D eigenvalue weighted by atomic mass is 32.2. The van der Waals surface area contributed by atoms with E-state index in [0.29, 0.717) is 0 Å². The smallest absolute Gasteiger partial charge is 0.323 e. The van der Waals surface area contributed by atoms with Gasteiger partial charge in [0.2, 0.25) is 0 Å². The van der Waals surface area contributed by atoms with Gasteiger partial charge in [0, 0.05) is 11.8 Å². The molecule has 0 saturated heterocycles. The van der Waals surface area contributed by atoms with Crippen molar-refractivity contribution in [2.45, 2.75) is 12.3 Å². The minimum absolute atomic E-state index is 0.0735. The molecule has 0 aliphatic carbocycles. The molecule has 9 heteroatoms. The molecule has 0 radical (unpaired) electrons. The van der Waals surface area contributed by atoms with Gasteiger partial charge in [-0.15, -0.1) is 0 Å². The zero-order valence-corrected chi connectivity index (χ0v) is 12.6. The molecule has 2 N–H and O–H groups in total. The molecule has 0 fully saturated rings. The molecule has 23 heavy (non-hydrogen) atoms. The lowest BCUT2D eigenvalue weighted by Crippen LogP contribution is -2.26. The number of nitrogens with one attached hydrogen (secondary N) is 1. The lowest BCUT2D eigenvalue weighted by Gasteiger charge is -2.08. The lowest BCUT2D eigenvalue weighted by atomic mass is 10.2. The zero-order chi connectivity index (χ0) is 16.8. The monoisotopic (exact) mass is 340 g/mol. The molecule has 0 aliphatic heterocycles. The Labute approximate surface area is 132 Å². The molecule has 1 heterocycles. The molecule has 7 nitrogen and oxygen atoms in total. The molecule has 1 aromatic heterocycles. The van der Waals surface area contributed by atoms with Crippen LogP contribution in [-0.2, 0) is 32.5 Å². The van der Waals surface area contributed by atoms with Gasteiger partial charge in [0.15, 0.2) is 11.1 Å². The molecule has 122 valence electrons. The number of rotatable bonds is 7. The molecule has 0 bridgehead atoms. The summed E-state index contributed by atoms with van der Waals surface area (Å²) < 4.78 is 31.0. The number of carboxylic acid groups (broad SMARTS) is 1. The maximum absolute atomic E-state index is 13.4. The summed E-state index contributed by atoms with van der Waals surface area (Å²) in [6.45, 7) is -0.507.